The highest BCUT2D eigenvalue weighted by Gasteiger charge is 2.46. The van der Waals surface area contributed by atoms with Gasteiger partial charge in [0.15, 0.2) is 0 Å². The van der Waals surface area contributed by atoms with Gasteiger partial charge in [-0.2, -0.15) is 0 Å². The minimum atomic E-state index is 0.180. The maximum atomic E-state index is 11.8. The molecule has 15 heavy (non-hydrogen) atoms. The van der Waals surface area contributed by atoms with Gasteiger partial charge in [0.05, 0.1) is 0 Å². The minimum absolute atomic E-state index is 0.180. The highest BCUT2D eigenvalue weighted by Crippen LogP contribution is 2.48. The van der Waals surface area contributed by atoms with Crippen molar-refractivity contribution in [3.63, 3.8) is 0 Å². The zero-order valence-electron chi connectivity index (χ0n) is 9.66. The van der Waals surface area contributed by atoms with E-state index in [0.29, 0.717) is 3.42 Å². The smallest absolute Gasteiger partial charge is 0.319 e. The van der Waals surface area contributed by atoms with E-state index >= 15 is 0 Å². The molecule has 2 aliphatic rings. The summed E-state index contributed by atoms with van der Waals surface area (Å²) in [5.41, 5.74) is 0. The second-order valence-electron chi connectivity index (χ2n) is 5.42. The summed E-state index contributed by atoms with van der Waals surface area (Å²) in [6.45, 7) is 4.28. The van der Waals surface area contributed by atoms with E-state index in [0.717, 1.165) is 24.9 Å². The van der Waals surface area contributed by atoms with Crippen LogP contribution in [0, 0.1) is 11.8 Å². The Morgan fingerprint density at radius 2 is 1.80 bits per heavy atom. The van der Waals surface area contributed by atoms with Gasteiger partial charge in [-0.1, -0.05) is 29.5 Å². The quantitative estimate of drug-likeness (QED) is 0.495. The van der Waals surface area contributed by atoms with Gasteiger partial charge in [0.1, 0.15) is 0 Å². The first-order valence-corrected chi connectivity index (χ1v) is 6.62. The fraction of sp³-hybridized carbons (Fsp3) is 0.909. The van der Waals surface area contributed by atoms with Gasteiger partial charge < -0.3 is 9.80 Å². The van der Waals surface area contributed by atoms with Crippen LogP contribution in [-0.4, -0.2) is 46.4 Å². The molecule has 0 aromatic heterocycles. The van der Waals surface area contributed by atoms with Gasteiger partial charge in [-0.15, -0.1) is 0 Å². The molecule has 2 amide bonds. The summed E-state index contributed by atoms with van der Waals surface area (Å²) in [4.78, 5) is 15.5. The molecule has 0 N–H and O–H groups in total. The van der Waals surface area contributed by atoms with Crippen molar-refractivity contribution in [1.29, 1.82) is 0 Å². The first kappa shape index (κ1) is 11.5. The minimum Gasteiger partial charge on any atom is -0.331 e. The number of fused-ring (bicyclic) bond motifs is 1. The number of likely N-dealkylation sites (tertiary alicyclic amines) is 1. The van der Waals surface area contributed by atoms with E-state index in [9.17, 15) is 4.79 Å². The van der Waals surface area contributed by atoms with Gasteiger partial charge >= 0.3 is 6.03 Å². The van der Waals surface area contributed by atoms with Gasteiger partial charge in [-0.3, -0.25) is 0 Å². The number of halogens is 1. The van der Waals surface area contributed by atoms with Crippen LogP contribution in [0.3, 0.4) is 0 Å². The Morgan fingerprint density at radius 3 is 2.20 bits per heavy atom. The van der Waals surface area contributed by atoms with Crippen LogP contribution in [-0.2, 0) is 0 Å². The van der Waals surface area contributed by atoms with E-state index < -0.39 is 0 Å². The fourth-order valence-corrected chi connectivity index (χ4v) is 4.15. The van der Waals surface area contributed by atoms with Gasteiger partial charge in [0, 0.05) is 30.6 Å². The van der Waals surface area contributed by atoms with Gasteiger partial charge in [0.25, 0.3) is 0 Å². The van der Waals surface area contributed by atoms with Crippen LogP contribution in [0.4, 0.5) is 4.79 Å². The van der Waals surface area contributed by atoms with Crippen molar-refractivity contribution in [2.24, 2.45) is 11.8 Å². The molecule has 0 radical (unpaired) electrons. The molecule has 1 heterocycles. The molecule has 0 aromatic carbocycles. The molecule has 2 fully saturated rings. The topological polar surface area (TPSA) is 23.6 Å². The largest absolute Gasteiger partial charge is 0.331 e. The number of nitrogens with zero attached hydrogens (tertiary/aromatic N) is 2. The Labute approximate surface area is 105 Å². The van der Waals surface area contributed by atoms with Gasteiger partial charge in [-0.25, -0.2) is 4.79 Å². The molecule has 1 saturated carbocycles. The molecule has 0 aromatic rings. The molecular weight excluding hydrogens is 303 g/mol. The van der Waals surface area contributed by atoms with Gasteiger partial charge in [0.2, 0.25) is 0 Å². The summed E-state index contributed by atoms with van der Waals surface area (Å²) >= 11 is 2.58. The predicted molar refractivity (Wildman–Crippen MR) is 69.3 cm³/mol. The lowest BCUT2D eigenvalue weighted by Crippen LogP contribution is -2.38. The number of urea groups is 1. The van der Waals surface area contributed by atoms with E-state index in [1.807, 2.05) is 19.0 Å². The van der Waals surface area contributed by atoms with Crippen molar-refractivity contribution in [3.8, 4) is 0 Å². The Morgan fingerprint density at radius 1 is 1.33 bits per heavy atom. The molecule has 1 saturated heterocycles. The highest BCUT2D eigenvalue weighted by molar-refractivity contribution is 14.1. The van der Waals surface area contributed by atoms with E-state index in [4.69, 9.17) is 0 Å². The molecule has 1 aliphatic heterocycles. The van der Waals surface area contributed by atoms with Crippen molar-refractivity contribution in [1.82, 2.24) is 9.80 Å². The molecule has 0 bridgehead atoms. The van der Waals surface area contributed by atoms with Crippen LogP contribution < -0.4 is 0 Å². The molecule has 4 heteroatoms. The number of rotatable bonds is 0. The number of amides is 2. The highest BCUT2D eigenvalue weighted by atomic mass is 127. The number of alkyl halides is 1. The second-order valence-corrected chi connectivity index (χ2v) is 8.03. The maximum absolute atomic E-state index is 11.8. The van der Waals surface area contributed by atoms with E-state index in [2.05, 4.69) is 29.5 Å². The lowest BCUT2D eigenvalue weighted by Gasteiger charge is -2.24. The summed E-state index contributed by atoms with van der Waals surface area (Å²) in [5, 5.41) is 0. The van der Waals surface area contributed by atoms with E-state index in [-0.39, 0.29) is 6.03 Å². The van der Waals surface area contributed by atoms with Crippen molar-refractivity contribution < 1.29 is 4.79 Å². The number of hydrogen-bond acceptors (Lipinski definition) is 1. The van der Waals surface area contributed by atoms with Gasteiger partial charge in [-0.05, 0) is 24.7 Å². The van der Waals surface area contributed by atoms with Crippen LogP contribution in [0.15, 0.2) is 0 Å². The maximum Gasteiger partial charge on any atom is 0.319 e. The number of hydrogen-bond donors (Lipinski definition) is 0. The van der Waals surface area contributed by atoms with E-state index in [1.165, 1.54) is 12.8 Å². The third-order valence-corrected chi connectivity index (χ3v) is 4.49. The molecule has 1 aliphatic carbocycles. The predicted octanol–water partition coefficient (Wildman–Crippen LogP) is 2.20. The van der Waals surface area contributed by atoms with Crippen LogP contribution in [0.1, 0.15) is 19.8 Å². The monoisotopic (exact) mass is 322 g/mol. The summed E-state index contributed by atoms with van der Waals surface area (Å²) in [6, 6.07) is 0.180. The molecule has 0 unspecified atom stereocenters. The van der Waals surface area contributed by atoms with Crippen molar-refractivity contribution in [2.45, 2.75) is 23.2 Å². The lowest BCUT2D eigenvalue weighted by atomic mass is 10.0. The molecular formula is C11H19IN2O. The first-order chi connectivity index (χ1) is 6.89. The summed E-state index contributed by atoms with van der Waals surface area (Å²) < 4.78 is 0.473. The standard InChI is InChI=1S/C11H19IN2O/c1-11(12)4-8-6-14(7-9(8)5-11)10(15)13(2)3/h8-9H,4-7H2,1-3H3/t8-,9+,11+. The molecule has 0 spiro atoms. The summed E-state index contributed by atoms with van der Waals surface area (Å²) in [7, 11) is 3.66. The normalized spacial score (nSPS) is 39.3. The fourth-order valence-electron chi connectivity index (χ4n) is 3.02. The second kappa shape index (κ2) is 3.79. The Balaban J connectivity index is 1.97. The number of carbonyl (C=O) groups excluding carboxylic acids is 1. The Hall–Kier alpha value is 0. The number of carbonyl (C=O) groups is 1. The Bertz CT molecular complexity index is 262. The SMILES string of the molecule is CN(C)C(=O)N1C[C@@H]2C[C@@](C)(I)C[C@@H]2C1. The molecule has 86 valence electrons. The summed E-state index contributed by atoms with van der Waals surface area (Å²) in [6.07, 6.45) is 2.55. The first-order valence-electron chi connectivity index (χ1n) is 5.54. The Kier molecular flexibility index (Phi) is 2.90. The van der Waals surface area contributed by atoms with Crippen molar-refractivity contribution >= 4 is 28.6 Å². The van der Waals surface area contributed by atoms with Crippen molar-refractivity contribution in [2.75, 3.05) is 27.2 Å². The van der Waals surface area contributed by atoms with Crippen LogP contribution >= 0.6 is 22.6 Å². The molecule has 3 atom stereocenters. The van der Waals surface area contributed by atoms with Crippen LogP contribution in [0.2, 0.25) is 0 Å². The van der Waals surface area contributed by atoms with E-state index in [1.54, 1.807) is 4.90 Å². The lowest BCUT2D eigenvalue weighted by molar-refractivity contribution is 0.177. The third kappa shape index (κ3) is 2.24. The van der Waals surface area contributed by atoms with Crippen LogP contribution in [0.25, 0.3) is 0 Å². The molecule has 2 rings (SSSR count). The van der Waals surface area contributed by atoms with Crippen LogP contribution in [0.5, 0.6) is 0 Å². The molecule has 3 nitrogen and oxygen atoms in total. The van der Waals surface area contributed by atoms with Crippen molar-refractivity contribution in [3.05, 3.63) is 0 Å². The zero-order valence-corrected chi connectivity index (χ0v) is 11.8. The average Bonchev–Trinajstić information content (AvgIpc) is 2.55. The third-order valence-electron chi connectivity index (χ3n) is 3.61. The summed E-state index contributed by atoms with van der Waals surface area (Å²) in [5.74, 6) is 1.49. The average molecular weight is 322 g/mol. The zero-order chi connectivity index (χ0) is 11.2.